The van der Waals surface area contributed by atoms with E-state index in [1.54, 1.807) is 18.2 Å². The number of aryl methyl sites for hydroxylation is 1. The molecule has 2 aromatic carbocycles. The van der Waals surface area contributed by atoms with Crippen LogP contribution >= 0.6 is 0 Å². The molecule has 0 bridgehead atoms. The summed E-state index contributed by atoms with van der Waals surface area (Å²) in [4.78, 5) is 0. The Morgan fingerprint density at radius 2 is 1.93 bits per heavy atom. The maximum atomic E-state index is 13.4. The van der Waals surface area contributed by atoms with Crippen LogP contribution in [0.5, 0.6) is 0 Å². The van der Waals surface area contributed by atoms with Crippen molar-refractivity contribution in [3.05, 3.63) is 41.7 Å². The molecule has 0 aliphatic carbocycles. The summed E-state index contributed by atoms with van der Waals surface area (Å²) in [6, 6.07) is 8.60. The van der Waals surface area contributed by atoms with E-state index < -0.39 is 0 Å². The summed E-state index contributed by atoms with van der Waals surface area (Å²) in [5.74, 6) is -0.183. The summed E-state index contributed by atoms with van der Waals surface area (Å²) in [6.45, 7) is 2.02. The van der Waals surface area contributed by atoms with Gasteiger partial charge in [0.1, 0.15) is 5.82 Å². The lowest BCUT2D eigenvalue weighted by Crippen LogP contribution is -1.94. The van der Waals surface area contributed by atoms with Crippen molar-refractivity contribution in [3.63, 3.8) is 0 Å². The molecule has 0 unspecified atom stereocenters. The molecule has 0 aliphatic heterocycles. The van der Waals surface area contributed by atoms with Gasteiger partial charge in [-0.1, -0.05) is 19.1 Å². The topological polar surface area (TPSA) is 26.0 Å². The molecule has 0 spiro atoms. The van der Waals surface area contributed by atoms with Crippen molar-refractivity contribution in [2.24, 2.45) is 0 Å². The van der Waals surface area contributed by atoms with Gasteiger partial charge in [0.15, 0.2) is 0 Å². The van der Waals surface area contributed by atoms with Gasteiger partial charge in [0.2, 0.25) is 0 Å². The van der Waals surface area contributed by atoms with Crippen molar-refractivity contribution in [3.8, 4) is 0 Å². The van der Waals surface area contributed by atoms with E-state index in [9.17, 15) is 4.39 Å². The Morgan fingerprint density at radius 1 is 1.14 bits per heavy atom. The fraction of sp³-hybridized carbons (Fsp3) is 0.167. The number of fused-ring (bicyclic) bond motifs is 1. The number of anilines is 1. The number of benzene rings is 2. The second-order valence-corrected chi connectivity index (χ2v) is 3.32. The van der Waals surface area contributed by atoms with Crippen LogP contribution in [0.25, 0.3) is 10.8 Å². The molecular weight excluding hydrogens is 177 g/mol. The molecule has 0 aromatic heterocycles. The second kappa shape index (κ2) is 3.29. The molecule has 2 heteroatoms. The average Bonchev–Trinajstić information content (AvgIpc) is 2.18. The normalized spacial score (nSPS) is 10.7. The quantitative estimate of drug-likeness (QED) is 0.685. The van der Waals surface area contributed by atoms with E-state index in [2.05, 4.69) is 0 Å². The largest absolute Gasteiger partial charge is 0.398 e. The van der Waals surface area contributed by atoms with Crippen LogP contribution in [-0.2, 0) is 6.42 Å². The van der Waals surface area contributed by atoms with Gasteiger partial charge in [0.05, 0.1) is 0 Å². The number of hydrogen-bond acceptors (Lipinski definition) is 1. The monoisotopic (exact) mass is 189 g/mol. The second-order valence-electron chi connectivity index (χ2n) is 3.32. The van der Waals surface area contributed by atoms with Crippen molar-refractivity contribution in [1.82, 2.24) is 0 Å². The predicted octanol–water partition coefficient (Wildman–Crippen LogP) is 3.12. The minimum atomic E-state index is -0.183. The summed E-state index contributed by atoms with van der Waals surface area (Å²) in [6.07, 6.45) is 0.826. The third-order valence-corrected chi connectivity index (χ3v) is 2.51. The highest BCUT2D eigenvalue weighted by Crippen LogP contribution is 2.26. The fourth-order valence-corrected chi connectivity index (χ4v) is 1.79. The highest BCUT2D eigenvalue weighted by Gasteiger charge is 2.05. The van der Waals surface area contributed by atoms with E-state index in [0.717, 1.165) is 23.1 Å². The zero-order chi connectivity index (χ0) is 10.1. The first-order chi connectivity index (χ1) is 6.74. The van der Waals surface area contributed by atoms with Crippen LogP contribution in [0, 0.1) is 5.82 Å². The Morgan fingerprint density at radius 3 is 2.64 bits per heavy atom. The predicted molar refractivity (Wildman–Crippen MR) is 57.7 cm³/mol. The highest BCUT2D eigenvalue weighted by atomic mass is 19.1. The Balaban J connectivity index is 2.88. The first-order valence-corrected chi connectivity index (χ1v) is 4.69. The van der Waals surface area contributed by atoms with Gasteiger partial charge >= 0.3 is 0 Å². The van der Waals surface area contributed by atoms with E-state index in [1.165, 1.54) is 6.07 Å². The molecule has 14 heavy (non-hydrogen) atoms. The lowest BCUT2D eigenvalue weighted by Gasteiger charge is -2.08. The Hall–Kier alpha value is -1.57. The molecule has 1 nitrogen and oxygen atoms in total. The number of nitrogens with two attached hydrogens (primary N) is 1. The van der Waals surface area contributed by atoms with Crippen LogP contribution in [0.3, 0.4) is 0 Å². The van der Waals surface area contributed by atoms with Crippen LogP contribution in [0.15, 0.2) is 30.3 Å². The van der Waals surface area contributed by atoms with Crippen LogP contribution in [0.2, 0.25) is 0 Å². The zero-order valence-corrected chi connectivity index (χ0v) is 8.05. The van der Waals surface area contributed by atoms with E-state index >= 15 is 0 Å². The number of nitrogen functional groups attached to an aromatic ring is 1. The van der Waals surface area contributed by atoms with E-state index in [4.69, 9.17) is 5.73 Å². The zero-order valence-electron chi connectivity index (χ0n) is 8.05. The van der Waals surface area contributed by atoms with Crippen molar-refractivity contribution in [2.75, 3.05) is 5.73 Å². The maximum Gasteiger partial charge on any atom is 0.131 e. The van der Waals surface area contributed by atoms with E-state index in [1.807, 2.05) is 13.0 Å². The van der Waals surface area contributed by atoms with Crippen LogP contribution < -0.4 is 5.73 Å². The summed E-state index contributed by atoms with van der Waals surface area (Å²) >= 11 is 0. The molecule has 2 rings (SSSR count). The fourth-order valence-electron chi connectivity index (χ4n) is 1.79. The molecule has 0 saturated heterocycles. The SMILES string of the molecule is CCc1c(N)ccc2c(F)cccc12. The average molecular weight is 189 g/mol. The molecule has 72 valence electrons. The first kappa shape index (κ1) is 9.00. The number of rotatable bonds is 1. The molecule has 0 radical (unpaired) electrons. The lowest BCUT2D eigenvalue weighted by atomic mass is 10.0. The van der Waals surface area contributed by atoms with Gasteiger partial charge in [0.25, 0.3) is 0 Å². The van der Waals surface area contributed by atoms with Crippen LogP contribution in [-0.4, -0.2) is 0 Å². The highest BCUT2D eigenvalue weighted by molar-refractivity contribution is 5.90. The Labute approximate surface area is 82.3 Å². The molecule has 0 heterocycles. The third kappa shape index (κ3) is 1.23. The molecule has 0 fully saturated rings. The summed E-state index contributed by atoms with van der Waals surface area (Å²) in [5.41, 5.74) is 7.60. The van der Waals surface area contributed by atoms with Gasteiger partial charge in [-0.15, -0.1) is 0 Å². The lowest BCUT2D eigenvalue weighted by molar-refractivity contribution is 0.640. The van der Waals surface area contributed by atoms with Gasteiger partial charge in [-0.2, -0.15) is 0 Å². The van der Waals surface area contributed by atoms with E-state index in [0.29, 0.717) is 5.39 Å². The number of halogens is 1. The summed E-state index contributed by atoms with van der Waals surface area (Å²) in [5, 5.41) is 1.58. The Kier molecular flexibility index (Phi) is 2.12. The van der Waals surface area contributed by atoms with Crippen LogP contribution in [0.4, 0.5) is 10.1 Å². The molecule has 2 N–H and O–H groups in total. The van der Waals surface area contributed by atoms with Gasteiger partial charge in [0, 0.05) is 11.1 Å². The van der Waals surface area contributed by atoms with E-state index in [-0.39, 0.29) is 5.82 Å². The smallest absolute Gasteiger partial charge is 0.131 e. The van der Waals surface area contributed by atoms with Gasteiger partial charge in [-0.25, -0.2) is 4.39 Å². The molecule has 0 aliphatic rings. The standard InChI is InChI=1S/C12H12FN/c1-2-8-9-4-3-5-11(13)10(9)6-7-12(8)14/h3-7H,2,14H2,1H3. The molecule has 0 saturated carbocycles. The number of hydrogen-bond donors (Lipinski definition) is 1. The summed E-state index contributed by atoms with van der Waals surface area (Å²) < 4.78 is 13.4. The Bertz CT molecular complexity index is 477. The van der Waals surface area contributed by atoms with Crippen molar-refractivity contribution in [2.45, 2.75) is 13.3 Å². The van der Waals surface area contributed by atoms with Gasteiger partial charge in [-0.3, -0.25) is 0 Å². The minimum Gasteiger partial charge on any atom is -0.398 e. The molecule has 2 aromatic rings. The minimum absolute atomic E-state index is 0.183. The summed E-state index contributed by atoms with van der Waals surface area (Å²) in [7, 11) is 0. The van der Waals surface area contributed by atoms with Gasteiger partial charge in [-0.05, 0) is 35.6 Å². The third-order valence-electron chi connectivity index (χ3n) is 2.51. The first-order valence-electron chi connectivity index (χ1n) is 4.69. The molecular formula is C12H12FN. The molecule has 0 amide bonds. The van der Waals surface area contributed by atoms with Crippen molar-refractivity contribution >= 4 is 16.5 Å². The van der Waals surface area contributed by atoms with Crippen LogP contribution in [0.1, 0.15) is 12.5 Å². The van der Waals surface area contributed by atoms with Crippen molar-refractivity contribution in [1.29, 1.82) is 0 Å². The van der Waals surface area contributed by atoms with Crippen molar-refractivity contribution < 1.29 is 4.39 Å². The molecule has 0 atom stereocenters. The van der Waals surface area contributed by atoms with Gasteiger partial charge < -0.3 is 5.73 Å². The maximum absolute atomic E-state index is 13.4.